The van der Waals surface area contributed by atoms with Crippen LogP contribution >= 0.6 is 0 Å². The van der Waals surface area contributed by atoms with Gasteiger partial charge in [0.25, 0.3) is 0 Å². The highest BCUT2D eigenvalue weighted by molar-refractivity contribution is 5.97. The number of aryl methyl sites for hydroxylation is 2. The Morgan fingerprint density at radius 3 is 2.43 bits per heavy atom. The zero-order chi connectivity index (χ0) is 15.2. The van der Waals surface area contributed by atoms with Gasteiger partial charge in [-0.1, -0.05) is 42.0 Å². The number of hydrogen-bond donors (Lipinski definition) is 1. The first-order chi connectivity index (χ1) is 10.0. The number of rotatable bonds is 5. The molecule has 21 heavy (non-hydrogen) atoms. The van der Waals surface area contributed by atoms with Crippen LogP contribution < -0.4 is 5.32 Å². The minimum absolute atomic E-state index is 0.00856. The number of amides is 1. The largest absolute Gasteiger partial charge is 0.326 e. The third kappa shape index (κ3) is 4.56. The predicted octanol–water partition coefficient (Wildman–Crippen LogP) is 3.77. The van der Waals surface area contributed by atoms with Crippen LogP contribution in [0.1, 0.15) is 34.8 Å². The van der Waals surface area contributed by atoms with Gasteiger partial charge in [0.15, 0.2) is 5.78 Å². The average Bonchev–Trinajstić information content (AvgIpc) is 2.47. The fourth-order valence-corrected chi connectivity index (χ4v) is 2.05. The highest BCUT2D eigenvalue weighted by Crippen LogP contribution is 2.12. The van der Waals surface area contributed by atoms with Gasteiger partial charge in [0.05, 0.1) is 0 Å². The molecular weight excluding hydrogens is 262 g/mol. The van der Waals surface area contributed by atoms with Crippen molar-refractivity contribution in [1.29, 1.82) is 0 Å². The maximum absolute atomic E-state index is 11.9. The van der Waals surface area contributed by atoms with Gasteiger partial charge in [0.2, 0.25) is 5.91 Å². The first-order valence-corrected chi connectivity index (χ1v) is 7.01. The summed E-state index contributed by atoms with van der Waals surface area (Å²) in [6, 6.07) is 15.2. The Morgan fingerprint density at radius 2 is 1.76 bits per heavy atom. The van der Waals surface area contributed by atoms with Crippen LogP contribution in [0.5, 0.6) is 0 Å². The Morgan fingerprint density at radius 1 is 1.05 bits per heavy atom. The number of ketones is 1. The van der Waals surface area contributed by atoms with Crippen molar-refractivity contribution in [3.63, 3.8) is 0 Å². The normalized spacial score (nSPS) is 10.2. The van der Waals surface area contributed by atoms with E-state index >= 15 is 0 Å². The molecule has 1 N–H and O–H groups in total. The van der Waals surface area contributed by atoms with E-state index < -0.39 is 0 Å². The maximum atomic E-state index is 11.9. The summed E-state index contributed by atoms with van der Waals surface area (Å²) in [6.45, 7) is 3.55. The molecule has 3 nitrogen and oxygen atoms in total. The molecule has 2 aromatic carbocycles. The lowest BCUT2D eigenvalue weighted by Gasteiger charge is -2.06. The maximum Gasteiger partial charge on any atom is 0.224 e. The minimum Gasteiger partial charge on any atom is -0.326 e. The molecule has 0 atom stereocenters. The molecule has 0 spiro atoms. The molecule has 0 aromatic heterocycles. The zero-order valence-corrected chi connectivity index (χ0v) is 12.3. The lowest BCUT2D eigenvalue weighted by molar-refractivity contribution is -0.116. The van der Waals surface area contributed by atoms with Gasteiger partial charge in [0.1, 0.15) is 0 Å². The summed E-state index contributed by atoms with van der Waals surface area (Å²) in [7, 11) is 0. The molecule has 0 fully saturated rings. The summed E-state index contributed by atoms with van der Waals surface area (Å²) in [4.78, 5) is 23.2. The number of carbonyl (C=O) groups excluding carboxylic acids is 2. The standard InChI is InChI=1S/C18H19NO2/c1-13-6-8-15(9-7-13)10-11-18(21)19-17-5-3-4-16(12-17)14(2)20/h3-9,12H,10-11H2,1-2H3,(H,19,21). The van der Waals surface area contributed by atoms with Crippen molar-refractivity contribution in [2.45, 2.75) is 26.7 Å². The van der Waals surface area contributed by atoms with E-state index in [-0.39, 0.29) is 11.7 Å². The van der Waals surface area contributed by atoms with Crippen molar-refractivity contribution in [2.75, 3.05) is 5.32 Å². The van der Waals surface area contributed by atoms with Gasteiger partial charge in [-0.3, -0.25) is 9.59 Å². The van der Waals surface area contributed by atoms with E-state index in [0.717, 1.165) is 5.56 Å². The van der Waals surface area contributed by atoms with E-state index in [4.69, 9.17) is 0 Å². The zero-order valence-electron chi connectivity index (χ0n) is 12.3. The highest BCUT2D eigenvalue weighted by Gasteiger charge is 2.05. The molecule has 0 saturated carbocycles. The van der Waals surface area contributed by atoms with Crippen LogP contribution in [0.25, 0.3) is 0 Å². The molecule has 2 rings (SSSR count). The van der Waals surface area contributed by atoms with E-state index in [1.165, 1.54) is 12.5 Å². The number of carbonyl (C=O) groups is 2. The minimum atomic E-state index is -0.0451. The summed E-state index contributed by atoms with van der Waals surface area (Å²) in [5.41, 5.74) is 3.63. The summed E-state index contributed by atoms with van der Waals surface area (Å²) >= 11 is 0. The van der Waals surface area contributed by atoms with Gasteiger partial charge in [-0.2, -0.15) is 0 Å². The van der Waals surface area contributed by atoms with Crippen LogP contribution in [0.15, 0.2) is 48.5 Å². The fourth-order valence-electron chi connectivity index (χ4n) is 2.05. The van der Waals surface area contributed by atoms with Crippen molar-refractivity contribution in [3.05, 3.63) is 65.2 Å². The molecule has 0 saturated heterocycles. The quantitative estimate of drug-likeness (QED) is 0.848. The van der Waals surface area contributed by atoms with Crippen LogP contribution in [0.4, 0.5) is 5.69 Å². The van der Waals surface area contributed by atoms with Crippen LogP contribution in [0.3, 0.4) is 0 Å². The third-order valence-electron chi connectivity index (χ3n) is 3.31. The number of benzene rings is 2. The van der Waals surface area contributed by atoms with Crippen LogP contribution in [-0.4, -0.2) is 11.7 Å². The van der Waals surface area contributed by atoms with Crippen molar-refractivity contribution >= 4 is 17.4 Å². The van der Waals surface area contributed by atoms with E-state index in [1.807, 2.05) is 31.2 Å². The monoisotopic (exact) mass is 281 g/mol. The Hall–Kier alpha value is -2.42. The van der Waals surface area contributed by atoms with E-state index in [0.29, 0.717) is 24.1 Å². The average molecular weight is 281 g/mol. The molecular formula is C18H19NO2. The van der Waals surface area contributed by atoms with Crippen LogP contribution in [0.2, 0.25) is 0 Å². The van der Waals surface area contributed by atoms with Gasteiger partial charge in [-0.15, -0.1) is 0 Å². The van der Waals surface area contributed by atoms with E-state index in [9.17, 15) is 9.59 Å². The molecule has 0 unspecified atom stereocenters. The molecule has 0 bridgehead atoms. The number of Topliss-reactive ketones (excluding diaryl/α,β-unsaturated/α-hetero) is 1. The third-order valence-corrected chi connectivity index (χ3v) is 3.31. The molecule has 3 heteroatoms. The van der Waals surface area contributed by atoms with Crippen molar-refractivity contribution in [3.8, 4) is 0 Å². The Balaban J connectivity index is 1.91. The van der Waals surface area contributed by atoms with Gasteiger partial charge >= 0.3 is 0 Å². The van der Waals surface area contributed by atoms with Crippen LogP contribution in [-0.2, 0) is 11.2 Å². The van der Waals surface area contributed by atoms with E-state index in [2.05, 4.69) is 5.32 Å². The Bertz CT molecular complexity index is 645. The topological polar surface area (TPSA) is 46.2 Å². The van der Waals surface area contributed by atoms with Gasteiger partial charge in [0, 0.05) is 17.7 Å². The summed E-state index contributed by atoms with van der Waals surface area (Å²) < 4.78 is 0. The molecule has 0 aliphatic carbocycles. The first kappa shape index (κ1) is 15.0. The lowest BCUT2D eigenvalue weighted by atomic mass is 10.1. The van der Waals surface area contributed by atoms with Crippen molar-refractivity contribution < 1.29 is 9.59 Å². The number of anilines is 1. The second-order valence-corrected chi connectivity index (χ2v) is 5.17. The predicted molar refractivity (Wildman–Crippen MR) is 84.6 cm³/mol. The molecule has 0 aliphatic rings. The highest BCUT2D eigenvalue weighted by atomic mass is 16.1. The molecule has 0 heterocycles. The molecule has 108 valence electrons. The SMILES string of the molecule is CC(=O)c1cccc(NC(=O)CCc2ccc(C)cc2)c1. The number of hydrogen-bond acceptors (Lipinski definition) is 2. The smallest absolute Gasteiger partial charge is 0.224 e. The first-order valence-electron chi connectivity index (χ1n) is 7.01. The van der Waals surface area contributed by atoms with E-state index in [1.54, 1.807) is 24.3 Å². The molecule has 1 amide bonds. The molecule has 0 radical (unpaired) electrons. The van der Waals surface area contributed by atoms with Crippen molar-refractivity contribution in [2.24, 2.45) is 0 Å². The van der Waals surface area contributed by atoms with Crippen molar-refractivity contribution in [1.82, 2.24) is 0 Å². The summed E-state index contributed by atoms with van der Waals surface area (Å²) in [5.74, 6) is -0.0537. The fraction of sp³-hybridized carbons (Fsp3) is 0.222. The second kappa shape index (κ2) is 6.84. The van der Waals surface area contributed by atoms with Gasteiger partial charge in [-0.05, 0) is 38.0 Å². The Labute approximate surface area is 125 Å². The summed E-state index contributed by atoms with van der Waals surface area (Å²) in [5, 5.41) is 2.83. The van der Waals surface area contributed by atoms with Gasteiger partial charge < -0.3 is 5.32 Å². The molecule has 2 aromatic rings. The van der Waals surface area contributed by atoms with Gasteiger partial charge in [-0.25, -0.2) is 0 Å². The second-order valence-electron chi connectivity index (χ2n) is 5.17. The van der Waals surface area contributed by atoms with Crippen LogP contribution in [0, 0.1) is 6.92 Å². The Kier molecular flexibility index (Phi) is 4.88. The number of nitrogens with one attached hydrogen (secondary N) is 1. The molecule has 0 aliphatic heterocycles. The summed E-state index contributed by atoms with van der Waals surface area (Å²) in [6.07, 6.45) is 1.13. The lowest BCUT2D eigenvalue weighted by Crippen LogP contribution is -2.12.